The highest BCUT2D eigenvalue weighted by molar-refractivity contribution is 7.09. The van der Waals surface area contributed by atoms with Gasteiger partial charge in [0.2, 0.25) is 5.72 Å². The molecule has 0 amide bonds. The van der Waals surface area contributed by atoms with Gasteiger partial charge in [-0.25, -0.2) is 4.98 Å². The van der Waals surface area contributed by atoms with Crippen molar-refractivity contribution >= 4 is 46.3 Å². The first kappa shape index (κ1) is 18.1. The number of ether oxygens (including phenoxy) is 1. The second-order valence-corrected chi connectivity index (χ2v) is 7.58. The molecule has 3 aromatic rings. The highest BCUT2D eigenvalue weighted by Gasteiger charge is 2.43. The Hall–Kier alpha value is -2.32. The predicted molar refractivity (Wildman–Crippen MR) is 105 cm³/mol. The number of fused-ring (bicyclic) bond motifs is 1. The van der Waals surface area contributed by atoms with Crippen LogP contribution in [0.3, 0.4) is 0 Å². The molecular weight excluding hydrogens is 409 g/mol. The van der Waals surface area contributed by atoms with Crippen molar-refractivity contribution in [1.82, 2.24) is 10.3 Å². The van der Waals surface area contributed by atoms with E-state index in [1.807, 2.05) is 6.07 Å². The zero-order chi connectivity index (χ0) is 19.2. The van der Waals surface area contributed by atoms with E-state index in [2.05, 4.69) is 10.3 Å². The summed E-state index contributed by atoms with van der Waals surface area (Å²) in [6, 6.07) is 5.38. The Morgan fingerprint density at radius 2 is 2.07 bits per heavy atom. The van der Waals surface area contributed by atoms with Crippen molar-refractivity contribution in [1.29, 1.82) is 0 Å². The smallest absolute Gasteiger partial charge is 0.216 e. The minimum absolute atomic E-state index is 0.201. The first-order valence-corrected chi connectivity index (χ1v) is 9.45. The third-order valence-electron chi connectivity index (χ3n) is 4.25. The molecule has 0 fully saturated rings. The second kappa shape index (κ2) is 6.69. The van der Waals surface area contributed by atoms with Crippen LogP contribution in [0.25, 0.3) is 11.8 Å². The van der Waals surface area contributed by atoms with Gasteiger partial charge >= 0.3 is 0 Å². The number of halogens is 2. The second-order valence-electron chi connectivity index (χ2n) is 5.87. The molecule has 1 atom stereocenters. The number of pyridine rings is 1. The van der Waals surface area contributed by atoms with E-state index in [0.717, 1.165) is 5.56 Å². The van der Waals surface area contributed by atoms with Gasteiger partial charge in [0.1, 0.15) is 15.8 Å². The summed E-state index contributed by atoms with van der Waals surface area (Å²) in [5.74, 6) is 0.606. The van der Waals surface area contributed by atoms with E-state index in [1.165, 1.54) is 23.7 Å². The van der Waals surface area contributed by atoms with E-state index >= 15 is 0 Å². The molecule has 1 aromatic carbocycles. The normalized spacial score (nSPS) is 19.8. The third kappa shape index (κ3) is 3.02. The monoisotopic (exact) mass is 421 g/mol. The van der Waals surface area contributed by atoms with Crippen molar-refractivity contribution in [3.05, 3.63) is 79.1 Å². The van der Waals surface area contributed by atoms with Gasteiger partial charge in [-0.15, -0.1) is 11.3 Å². The maximum atomic E-state index is 11.5. The van der Waals surface area contributed by atoms with Gasteiger partial charge in [-0.05, 0) is 24.3 Å². The summed E-state index contributed by atoms with van der Waals surface area (Å²) >= 11 is 13.7. The molecule has 2 aromatic heterocycles. The Bertz CT molecular complexity index is 1030. The van der Waals surface area contributed by atoms with E-state index in [-0.39, 0.29) is 10.0 Å². The molecule has 0 saturated heterocycles. The van der Waals surface area contributed by atoms with Crippen LogP contribution in [0.1, 0.15) is 21.7 Å². The average Bonchev–Trinajstić information content (AvgIpc) is 3.26. The van der Waals surface area contributed by atoms with Crippen molar-refractivity contribution in [2.75, 3.05) is 7.11 Å². The number of aliphatic hydroxyl groups is 1. The highest BCUT2D eigenvalue weighted by Crippen LogP contribution is 2.43. The summed E-state index contributed by atoms with van der Waals surface area (Å²) in [4.78, 5) is 4.25. The molecule has 0 saturated carbocycles. The lowest BCUT2D eigenvalue weighted by atomic mass is 10.0. The van der Waals surface area contributed by atoms with Gasteiger partial charge in [-0.1, -0.05) is 23.2 Å². The molecule has 1 aliphatic rings. The Balaban J connectivity index is 1.91. The molecule has 27 heavy (non-hydrogen) atoms. The van der Waals surface area contributed by atoms with Crippen molar-refractivity contribution in [2.24, 2.45) is 0 Å². The van der Waals surface area contributed by atoms with Crippen LogP contribution in [0.15, 0.2) is 42.2 Å². The van der Waals surface area contributed by atoms with E-state index < -0.39 is 5.72 Å². The lowest BCUT2D eigenvalue weighted by Crippen LogP contribution is -2.37. The predicted octanol–water partition coefficient (Wildman–Crippen LogP) is 3.39. The van der Waals surface area contributed by atoms with Crippen molar-refractivity contribution in [3.63, 3.8) is 0 Å². The van der Waals surface area contributed by atoms with Crippen LogP contribution in [-0.2, 0) is 5.72 Å². The number of benzene rings is 1. The lowest BCUT2D eigenvalue weighted by molar-refractivity contribution is -0.605. The van der Waals surface area contributed by atoms with Gasteiger partial charge < -0.3 is 20.4 Å². The lowest BCUT2D eigenvalue weighted by Gasteiger charge is -2.22. The number of nitrogens with one attached hydrogen (secondary N) is 1. The average molecular weight is 422 g/mol. The molecule has 138 valence electrons. The molecule has 0 radical (unpaired) electrons. The summed E-state index contributed by atoms with van der Waals surface area (Å²) < 4.78 is 5.84. The fraction of sp³-hybridized carbons (Fsp3) is 0.111. The summed E-state index contributed by atoms with van der Waals surface area (Å²) in [5.41, 5.74) is 0.899. The van der Waals surface area contributed by atoms with E-state index in [4.69, 9.17) is 27.9 Å². The van der Waals surface area contributed by atoms with Crippen molar-refractivity contribution < 1.29 is 14.6 Å². The van der Waals surface area contributed by atoms with Crippen LogP contribution < -0.4 is 14.8 Å². The molecule has 1 unspecified atom stereocenters. The Morgan fingerprint density at radius 1 is 1.33 bits per heavy atom. The summed E-state index contributed by atoms with van der Waals surface area (Å²) in [7, 11) is 1.56. The van der Waals surface area contributed by atoms with Gasteiger partial charge in [0.15, 0.2) is 17.4 Å². The number of thiazole rings is 1. The first-order chi connectivity index (χ1) is 12.9. The van der Waals surface area contributed by atoms with Gasteiger partial charge in [0, 0.05) is 34.0 Å². The molecular formula is C18H13Cl2N3O3S. The van der Waals surface area contributed by atoms with Crippen LogP contribution in [0.2, 0.25) is 10.0 Å². The topological polar surface area (TPSA) is 81.3 Å². The molecule has 1 aliphatic heterocycles. The van der Waals surface area contributed by atoms with Gasteiger partial charge in [-0.3, -0.25) is 0 Å². The summed E-state index contributed by atoms with van der Waals surface area (Å²) in [6.07, 6.45) is 5.76. The third-order valence-corrected chi connectivity index (χ3v) is 5.73. The maximum Gasteiger partial charge on any atom is 0.216 e. The number of aromatic nitrogens is 2. The molecule has 0 bridgehead atoms. The Kier molecular flexibility index (Phi) is 4.47. The number of hydrogen-bond donors (Lipinski definition) is 2. The fourth-order valence-electron chi connectivity index (χ4n) is 2.99. The fourth-order valence-corrected chi connectivity index (χ4v) is 4.25. The zero-order valence-corrected chi connectivity index (χ0v) is 16.3. The number of rotatable bonds is 3. The maximum absolute atomic E-state index is 11.5. The number of hydrogen-bond acceptors (Lipinski definition) is 6. The molecule has 6 nitrogen and oxygen atoms in total. The SMILES string of the molecule is COc1ccc2c(c1)C(O)(c1nccs1)N/C2=C\c1c(Cl)c[n+]([O-])cc1Cl. The Morgan fingerprint density at radius 3 is 2.70 bits per heavy atom. The molecule has 0 aliphatic carbocycles. The number of methoxy groups -OCH3 is 1. The van der Waals surface area contributed by atoms with Crippen molar-refractivity contribution in [2.45, 2.75) is 5.72 Å². The molecule has 9 heteroatoms. The molecule has 2 N–H and O–H groups in total. The largest absolute Gasteiger partial charge is 0.619 e. The zero-order valence-electron chi connectivity index (χ0n) is 13.9. The van der Waals surface area contributed by atoms with Gasteiger partial charge in [0.05, 0.1) is 7.11 Å². The minimum Gasteiger partial charge on any atom is -0.619 e. The Labute approximate surface area is 168 Å². The molecule has 3 heterocycles. The quantitative estimate of drug-likeness (QED) is 0.500. The van der Waals surface area contributed by atoms with Crippen LogP contribution in [0, 0.1) is 5.21 Å². The van der Waals surface area contributed by atoms with Gasteiger partial charge in [0.25, 0.3) is 0 Å². The van der Waals surface area contributed by atoms with E-state index in [1.54, 1.807) is 36.9 Å². The van der Waals surface area contributed by atoms with Crippen LogP contribution in [0.4, 0.5) is 0 Å². The summed E-state index contributed by atoms with van der Waals surface area (Å²) in [5, 5.41) is 28.6. The summed E-state index contributed by atoms with van der Waals surface area (Å²) in [6.45, 7) is 0. The highest BCUT2D eigenvalue weighted by atomic mass is 35.5. The van der Waals surface area contributed by atoms with E-state index in [0.29, 0.717) is 32.3 Å². The van der Waals surface area contributed by atoms with Gasteiger partial charge in [-0.2, -0.15) is 4.73 Å². The molecule has 0 spiro atoms. The van der Waals surface area contributed by atoms with Crippen molar-refractivity contribution in [3.8, 4) is 5.75 Å². The van der Waals surface area contributed by atoms with Crippen LogP contribution in [-0.4, -0.2) is 17.2 Å². The number of nitrogens with zero attached hydrogens (tertiary/aromatic N) is 2. The van der Waals surface area contributed by atoms with E-state index in [9.17, 15) is 10.3 Å². The minimum atomic E-state index is -1.52. The van der Waals surface area contributed by atoms with Crippen LogP contribution >= 0.6 is 34.5 Å². The van der Waals surface area contributed by atoms with Crippen LogP contribution in [0.5, 0.6) is 5.75 Å². The standard InChI is InChI=1S/C18H13Cl2N3O3S/c1-26-10-2-3-11-13(6-10)18(24,17-21-4-5-27-17)22-16(11)7-12-14(19)8-23(25)9-15(12)20/h2-9,22,24H,1H3/b16-7-. The first-order valence-electron chi connectivity index (χ1n) is 7.81. The molecule has 4 rings (SSSR count).